The van der Waals surface area contributed by atoms with Crippen molar-refractivity contribution in [2.45, 2.75) is 6.04 Å². The molecule has 6 heteroatoms. The highest BCUT2D eigenvalue weighted by atomic mass is 32.2. The summed E-state index contributed by atoms with van der Waals surface area (Å²) in [5.41, 5.74) is 0. The summed E-state index contributed by atoms with van der Waals surface area (Å²) in [6.07, 6.45) is 0. The van der Waals surface area contributed by atoms with E-state index in [-0.39, 0.29) is 6.04 Å². The quantitative estimate of drug-likeness (QED) is 0.870. The zero-order chi connectivity index (χ0) is 10.1. The second-order valence-corrected chi connectivity index (χ2v) is 5.18. The fourth-order valence-corrected chi connectivity index (χ4v) is 3.02. The third-order valence-electron chi connectivity index (χ3n) is 2.20. The third kappa shape index (κ3) is 1.80. The SMILES string of the molecule is c1csc(-c2noc([C@H]3CSCN3)n2)c1. The molecule has 0 radical (unpaired) electrons. The van der Waals surface area contributed by atoms with Gasteiger partial charge in [0.05, 0.1) is 10.9 Å². The Morgan fingerprint density at radius 2 is 2.53 bits per heavy atom. The smallest absolute Gasteiger partial charge is 0.245 e. The molecule has 0 bridgehead atoms. The molecule has 0 aromatic carbocycles. The van der Waals surface area contributed by atoms with Crippen molar-refractivity contribution < 1.29 is 4.52 Å². The van der Waals surface area contributed by atoms with Gasteiger partial charge in [-0.25, -0.2) is 0 Å². The van der Waals surface area contributed by atoms with Gasteiger partial charge in [-0.2, -0.15) is 4.98 Å². The number of hydrogen-bond acceptors (Lipinski definition) is 6. The summed E-state index contributed by atoms with van der Waals surface area (Å²) in [6, 6.07) is 4.20. The maximum Gasteiger partial charge on any atom is 0.245 e. The van der Waals surface area contributed by atoms with Gasteiger partial charge >= 0.3 is 0 Å². The first-order chi connectivity index (χ1) is 7.43. The summed E-state index contributed by atoms with van der Waals surface area (Å²) < 4.78 is 5.24. The van der Waals surface area contributed by atoms with Crippen LogP contribution in [0.15, 0.2) is 22.0 Å². The van der Waals surface area contributed by atoms with E-state index in [0.717, 1.165) is 16.5 Å². The lowest BCUT2D eigenvalue weighted by molar-refractivity contribution is 0.351. The van der Waals surface area contributed by atoms with Crippen LogP contribution in [0.2, 0.25) is 0 Å². The normalized spacial score (nSPS) is 20.9. The minimum Gasteiger partial charge on any atom is -0.337 e. The molecule has 15 heavy (non-hydrogen) atoms. The zero-order valence-electron chi connectivity index (χ0n) is 7.84. The van der Waals surface area contributed by atoms with Crippen LogP contribution >= 0.6 is 23.1 Å². The Kier molecular flexibility index (Phi) is 2.47. The molecule has 1 aliphatic heterocycles. The highest BCUT2D eigenvalue weighted by molar-refractivity contribution is 7.99. The van der Waals surface area contributed by atoms with E-state index in [2.05, 4.69) is 15.5 Å². The van der Waals surface area contributed by atoms with Gasteiger partial charge in [0.25, 0.3) is 0 Å². The molecule has 1 saturated heterocycles. The highest BCUT2D eigenvalue weighted by Gasteiger charge is 2.23. The third-order valence-corrected chi connectivity index (χ3v) is 4.00. The van der Waals surface area contributed by atoms with E-state index in [1.54, 1.807) is 11.3 Å². The van der Waals surface area contributed by atoms with Crippen LogP contribution in [0, 0.1) is 0 Å². The van der Waals surface area contributed by atoms with Gasteiger partial charge < -0.3 is 4.52 Å². The van der Waals surface area contributed by atoms with Gasteiger partial charge in [0.1, 0.15) is 0 Å². The molecular formula is C9H9N3OS2. The molecule has 0 unspecified atom stereocenters. The Hall–Kier alpha value is -0.850. The summed E-state index contributed by atoms with van der Waals surface area (Å²) in [6.45, 7) is 0. The number of aromatic nitrogens is 2. The molecule has 3 rings (SSSR count). The van der Waals surface area contributed by atoms with Crippen LogP contribution in [0.3, 0.4) is 0 Å². The minimum absolute atomic E-state index is 0.219. The van der Waals surface area contributed by atoms with Crippen LogP contribution in [0.4, 0.5) is 0 Å². The van der Waals surface area contributed by atoms with Gasteiger partial charge in [0.2, 0.25) is 11.7 Å². The second-order valence-electron chi connectivity index (χ2n) is 3.21. The summed E-state index contributed by atoms with van der Waals surface area (Å²) in [5.74, 6) is 3.36. The predicted molar refractivity (Wildman–Crippen MR) is 60.8 cm³/mol. The number of thiophene rings is 1. The van der Waals surface area contributed by atoms with Crippen molar-refractivity contribution in [1.29, 1.82) is 0 Å². The Morgan fingerprint density at radius 1 is 1.53 bits per heavy atom. The number of rotatable bonds is 2. The van der Waals surface area contributed by atoms with E-state index in [0.29, 0.717) is 11.7 Å². The average molecular weight is 239 g/mol. The lowest BCUT2D eigenvalue weighted by Crippen LogP contribution is -2.14. The maximum atomic E-state index is 5.24. The highest BCUT2D eigenvalue weighted by Crippen LogP contribution is 2.26. The molecule has 1 fully saturated rings. The fraction of sp³-hybridized carbons (Fsp3) is 0.333. The van der Waals surface area contributed by atoms with Crippen LogP contribution in [0.25, 0.3) is 10.7 Å². The van der Waals surface area contributed by atoms with Gasteiger partial charge in [-0.3, -0.25) is 5.32 Å². The van der Waals surface area contributed by atoms with Crippen molar-refractivity contribution >= 4 is 23.1 Å². The lowest BCUT2D eigenvalue weighted by Gasteiger charge is -1.99. The van der Waals surface area contributed by atoms with Crippen molar-refractivity contribution in [1.82, 2.24) is 15.5 Å². The number of nitrogens with one attached hydrogen (secondary N) is 1. The van der Waals surface area contributed by atoms with Crippen LogP contribution in [0.5, 0.6) is 0 Å². The van der Waals surface area contributed by atoms with Crippen LogP contribution in [-0.4, -0.2) is 21.8 Å². The average Bonchev–Trinajstić information content (AvgIpc) is 3.02. The molecular weight excluding hydrogens is 230 g/mol. The molecule has 0 aliphatic carbocycles. The minimum atomic E-state index is 0.219. The van der Waals surface area contributed by atoms with E-state index < -0.39 is 0 Å². The van der Waals surface area contributed by atoms with Gasteiger partial charge in [-0.05, 0) is 11.4 Å². The summed E-state index contributed by atoms with van der Waals surface area (Å²) in [5, 5.41) is 9.29. The first kappa shape index (κ1) is 9.38. The monoisotopic (exact) mass is 239 g/mol. The summed E-state index contributed by atoms with van der Waals surface area (Å²) in [7, 11) is 0. The molecule has 2 aromatic heterocycles. The number of hydrogen-bond donors (Lipinski definition) is 1. The zero-order valence-corrected chi connectivity index (χ0v) is 9.48. The number of nitrogens with zero attached hydrogens (tertiary/aromatic N) is 2. The number of thioether (sulfide) groups is 1. The van der Waals surface area contributed by atoms with Gasteiger partial charge in [0.15, 0.2) is 0 Å². The fourth-order valence-electron chi connectivity index (χ4n) is 1.44. The van der Waals surface area contributed by atoms with Gasteiger partial charge in [-0.15, -0.1) is 23.1 Å². The molecule has 1 N–H and O–H groups in total. The van der Waals surface area contributed by atoms with Crippen molar-refractivity contribution in [3.63, 3.8) is 0 Å². The van der Waals surface area contributed by atoms with Crippen LogP contribution in [-0.2, 0) is 0 Å². The molecule has 1 aliphatic rings. The predicted octanol–water partition coefficient (Wildman–Crippen LogP) is 2.13. The second kappa shape index (κ2) is 3.96. The van der Waals surface area contributed by atoms with Crippen molar-refractivity contribution in [3.8, 4) is 10.7 Å². The van der Waals surface area contributed by atoms with E-state index in [1.165, 1.54) is 0 Å². The van der Waals surface area contributed by atoms with Crippen molar-refractivity contribution in [3.05, 3.63) is 23.4 Å². The van der Waals surface area contributed by atoms with E-state index in [4.69, 9.17) is 4.52 Å². The van der Waals surface area contributed by atoms with Gasteiger partial charge in [-0.1, -0.05) is 11.2 Å². The molecule has 3 heterocycles. The Balaban J connectivity index is 1.87. The van der Waals surface area contributed by atoms with Crippen molar-refractivity contribution in [2.24, 2.45) is 0 Å². The van der Waals surface area contributed by atoms with Crippen LogP contribution in [0.1, 0.15) is 11.9 Å². The molecule has 0 amide bonds. The molecule has 1 atom stereocenters. The first-order valence-electron chi connectivity index (χ1n) is 4.62. The largest absolute Gasteiger partial charge is 0.337 e. The molecule has 78 valence electrons. The molecule has 0 saturated carbocycles. The van der Waals surface area contributed by atoms with Crippen molar-refractivity contribution in [2.75, 3.05) is 11.6 Å². The maximum absolute atomic E-state index is 5.24. The Labute approximate surface area is 95.1 Å². The van der Waals surface area contributed by atoms with Gasteiger partial charge in [0, 0.05) is 11.6 Å². The Morgan fingerprint density at radius 3 is 3.27 bits per heavy atom. The Bertz CT molecular complexity index is 434. The van der Waals surface area contributed by atoms with E-state index in [9.17, 15) is 0 Å². The molecule has 2 aromatic rings. The lowest BCUT2D eigenvalue weighted by atomic mass is 10.3. The molecule has 4 nitrogen and oxygen atoms in total. The molecule has 0 spiro atoms. The first-order valence-corrected chi connectivity index (χ1v) is 6.65. The summed E-state index contributed by atoms with van der Waals surface area (Å²) >= 11 is 3.47. The van der Waals surface area contributed by atoms with Crippen LogP contribution < -0.4 is 5.32 Å². The van der Waals surface area contributed by atoms with E-state index in [1.807, 2.05) is 29.3 Å². The summed E-state index contributed by atoms with van der Waals surface area (Å²) in [4.78, 5) is 5.44. The standard InChI is InChI=1S/C9H9N3OS2/c1-2-7(15-3-1)8-11-9(13-12-8)6-4-14-5-10-6/h1-3,6,10H,4-5H2/t6-/m1/s1. The van der Waals surface area contributed by atoms with E-state index >= 15 is 0 Å². The topological polar surface area (TPSA) is 51.0 Å².